The maximum atomic E-state index is 12.4. The highest BCUT2D eigenvalue weighted by Crippen LogP contribution is 2.14. The number of esters is 1. The molecule has 2 N–H and O–H groups in total. The summed E-state index contributed by atoms with van der Waals surface area (Å²) in [6.45, 7) is 1.64. The highest BCUT2D eigenvalue weighted by molar-refractivity contribution is 6.04. The van der Waals surface area contributed by atoms with Gasteiger partial charge in [-0.1, -0.05) is 42.5 Å². The molecular weight excluding hydrogens is 386 g/mol. The summed E-state index contributed by atoms with van der Waals surface area (Å²) in [5.74, 6) is -1.19. The number of ether oxygens (including phenoxy) is 1. The van der Waals surface area contributed by atoms with Crippen LogP contribution in [0, 0.1) is 0 Å². The summed E-state index contributed by atoms with van der Waals surface area (Å²) in [4.78, 5) is 47.4. The number of carbonyl (C=O) groups is 3. The Morgan fingerprint density at radius 3 is 2.43 bits per heavy atom. The van der Waals surface area contributed by atoms with Crippen LogP contribution < -0.4 is 10.9 Å². The number of H-pyrrole nitrogens is 1. The largest absolute Gasteiger partial charge is 0.452 e. The van der Waals surface area contributed by atoms with Gasteiger partial charge in [-0.05, 0) is 24.5 Å². The molecular formula is C22H21N3O5. The summed E-state index contributed by atoms with van der Waals surface area (Å²) in [5, 5.41) is 9.44. The number of nitrogens with zero attached hydrogens (tertiary/aromatic N) is 1. The minimum Gasteiger partial charge on any atom is -0.452 e. The van der Waals surface area contributed by atoms with E-state index in [-0.39, 0.29) is 17.4 Å². The Labute approximate surface area is 172 Å². The molecule has 8 nitrogen and oxygen atoms in total. The average Bonchev–Trinajstić information content (AvgIpc) is 2.75. The Balaban J connectivity index is 1.58. The van der Waals surface area contributed by atoms with Gasteiger partial charge in [0.2, 0.25) is 5.91 Å². The fourth-order valence-corrected chi connectivity index (χ4v) is 2.97. The topological polar surface area (TPSA) is 118 Å². The summed E-state index contributed by atoms with van der Waals surface area (Å²) in [6, 6.07) is 13.6. The quantitative estimate of drug-likeness (QED) is 0.335. The molecule has 0 saturated carbocycles. The molecule has 30 heavy (non-hydrogen) atoms. The Morgan fingerprint density at radius 1 is 1.03 bits per heavy atom. The van der Waals surface area contributed by atoms with Crippen molar-refractivity contribution in [2.75, 3.05) is 13.2 Å². The number of Topliss-reactive ketones (excluding diaryl/α,β-unsaturated/α-hetero) is 1. The van der Waals surface area contributed by atoms with E-state index in [1.807, 2.05) is 12.1 Å². The number of benzene rings is 2. The normalized spacial score (nSPS) is 10.6. The molecule has 1 aromatic heterocycles. The molecule has 0 saturated heterocycles. The number of nitrogens with one attached hydrogen (secondary N) is 2. The zero-order chi connectivity index (χ0) is 21.5. The molecule has 0 bridgehead atoms. The van der Waals surface area contributed by atoms with E-state index in [9.17, 15) is 19.2 Å². The second-order valence-electron chi connectivity index (χ2n) is 6.73. The molecule has 3 aromatic rings. The third-order valence-corrected chi connectivity index (χ3v) is 4.52. The second-order valence-corrected chi connectivity index (χ2v) is 6.73. The number of fused-ring (bicyclic) bond motifs is 1. The molecule has 0 unspecified atom stereocenters. The smallest absolute Gasteiger partial charge is 0.359 e. The van der Waals surface area contributed by atoms with E-state index in [2.05, 4.69) is 15.5 Å². The van der Waals surface area contributed by atoms with Crippen molar-refractivity contribution in [2.45, 2.75) is 19.8 Å². The Kier molecular flexibility index (Phi) is 6.69. The van der Waals surface area contributed by atoms with Gasteiger partial charge in [0.15, 0.2) is 18.1 Å². The van der Waals surface area contributed by atoms with Gasteiger partial charge in [-0.15, -0.1) is 0 Å². The van der Waals surface area contributed by atoms with E-state index < -0.39 is 18.1 Å². The maximum absolute atomic E-state index is 12.4. The first-order chi connectivity index (χ1) is 14.5. The summed E-state index contributed by atoms with van der Waals surface area (Å²) >= 11 is 0. The fourth-order valence-electron chi connectivity index (χ4n) is 2.97. The van der Waals surface area contributed by atoms with Crippen LogP contribution in [-0.2, 0) is 16.0 Å². The number of hydrogen-bond acceptors (Lipinski definition) is 6. The van der Waals surface area contributed by atoms with Gasteiger partial charge in [0.25, 0.3) is 5.56 Å². The lowest BCUT2D eigenvalue weighted by Gasteiger charge is -2.07. The third kappa shape index (κ3) is 5.16. The zero-order valence-corrected chi connectivity index (χ0v) is 16.4. The van der Waals surface area contributed by atoms with Crippen molar-refractivity contribution >= 4 is 28.4 Å². The summed E-state index contributed by atoms with van der Waals surface area (Å²) in [5.41, 5.74) is 1.01. The first kappa shape index (κ1) is 20.9. The van der Waals surface area contributed by atoms with Crippen LogP contribution >= 0.6 is 0 Å². The van der Waals surface area contributed by atoms with Crippen LogP contribution in [0.1, 0.15) is 39.8 Å². The minimum absolute atomic E-state index is 0.0486. The molecule has 8 heteroatoms. The summed E-state index contributed by atoms with van der Waals surface area (Å²) in [7, 11) is 0. The lowest BCUT2D eigenvalue weighted by molar-refractivity contribution is -0.118. The number of ketones is 1. The molecule has 154 valence electrons. The lowest BCUT2D eigenvalue weighted by Crippen LogP contribution is -2.21. The summed E-state index contributed by atoms with van der Waals surface area (Å²) < 4.78 is 5.11. The number of aromatic amines is 1. The van der Waals surface area contributed by atoms with Crippen LogP contribution in [0.2, 0.25) is 0 Å². The van der Waals surface area contributed by atoms with E-state index in [1.54, 1.807) is 36.4 Å². The number of aromatic nitrogens is 2. The van der Waals surface area contributed by atoms with Gasteiger partial charge in [-0.25, -0.2) is 9.89 Å². The zero-order valence-electron chi connectivity index (χ0n) is 16.4. The van der Waals surface area contributed by atoms with E-state index >= 15 is 0 Å². The number of aryl methyl sites for hydroxylation is 1. The molecule has 0 fully saturated rings. The Morgan fingerprint density at radius 2 is 1.73 bits per heavy atom. The standard InChI is InChI=1S/C22H21N3O5/c1-14(26)23-12-4-5-15-8-10-16(11-9-15)19(27)13-30-22(29)20-17-6-2-3-7-18(17)21(28)25-24-20/h2-3,6-11H,4-5,12-13H2,1H3,(H,23,26)(H,25,28). The predicted molar refractivity (Wildman–Crippen MR) is 110 cm³/mol. The highest BCUT2D eigenvalue weighted by atomic mass is 16.5. The Hall–Kier alpha value is -3.81. The van der Waals surface area contributed by atoms with E-state index in [1.165, 1.54) is 6.92 Å². The van der Waals surface area contributed by atoms with Crippen LogP contribution in [0.5, 0.6) is 0 Å². The van der Waals surface area contributed by atoms with Gasteiger partial charge in [0.1, 0.15) is 0 Å². The second kappa shape index (κ2) is 9.60. The molecule has 0 aliphatic heterocycles. The van der Waals surface area contributed by atoms with Gasteiger partial charge < -0.3 is 10.1 Å². The number of amides is 1. The van der Waals surface area contributed by atoms with Gasteiger partial charge in [0, 0.05) is 24.4 Å². The molecule has 0 radical (unpaired) electrons. The van der Waals surface area contributed by atoms with E-state index in [0.717, 1.165) is 18.4 Å². The van der Waals surface area contributed by atoms with Crippen molar-refractivity contribution in [3.8, 4) is 0 Å². The molecule has 0 aliphatic carbocycles. The molecule has 1 amide bonds. The van der Waals surface area contributed by atoms with Crippen LogP contribution in [0.3, 0.4) is 0 Å². The summed E-state index contributed by atoms with van der Waals surface area (Å²) in [6.07, 6.45) is 1.57. The molecule has 0 spiro atoms. The maximum Gasteiger partial charge on any atom is 0.359 e. The molecule has 1 heterocycles. The average molecular weight is 407 g/mol. The van der Waals surface area contributed by atoms with Gasteiger partial charge in [0.05, 0.1) is 5.39 Å². The van der Waals surface area contributed by atoms with Crippen molar-refractivity contribution < 1.29 is 19.1 Å². The van der Waals surface area contributed by atoms with Crippen molar-refractivity contribution in [3.05, 3.63) is 75.7 Å². The third-order valence-electron chi connectivity index (χ3n) is 4.52. The van der Waals surface area contributed by atoms with Crippen LogP contribution in [0.4, 0.5) is 0 Å². The lowest BCUT2D eigenvalue weighted by atomic mass is 10.1. The SMILES string of the molecule is CC(=O)NCCCc1ccc(C(=O)COC(=O)c2n[nH]c(=O)c3ccccc23)cc1. The van der Waals surface area contributed by atoms with E-state index in [0.29, 0.717) is 22.9 Å². The van der Waals surface area contributed by atoms with Crippen LogP contribution in [0.25, 0.3) is 10.8 Å². The molecule has 0 atom stereocenters. The molecule has 2 aromatic carbocycles. The number of carbonyl (C=O) groups excluding carboxylic acids is 3. The van der Waals surface area contributed by atoms with Crippen molar-refractivity contribution in [3.63, 3.8) is 0 Å². The molecule has 3 rings (SSSR count). The van der Waals surface area contributed by atoms with Gasteiger partial charge in [-0.2, -0.15) is 5.10 Å². The Bertz CT molecular complexity index is 1140. The highest BCUT2D eigenvalue weighted by Gasteiger charge is 2.17. The van der Waals surface area contributed by atoms with Crippen molar-refractivity contribution in [2.24, 2.45) is 0 Å². The van der Waals surface area contributed by atoms with Crippen molar-refractivity contribution in [1.82, 2.24) is 15.5 Å². The fraction of sp³-hybridized carbons (Fsp3) is 0.227. The van der Waals surface area contributed by atoms with Crippen LogP contribution in [0.15, 0.2) is 53.3 Å². The minimum atomic E-state index is -0.787. The van der Waals surface area contributed by atoms with Crippen molar-refractivity contribution in [1.29, 1.82) is 0 Å². The number of hydrogen-bond donors (Lipinski definition) is 2. The van der Waals surface area contributed by atoms with Crippen LogP contribution in [-0.4, -0.2) is 41.0 Å². The number of rotatable bonds is 8. The monoisotopic (exact) mass is 407 g/mol. The van der Waals surface area contributed by atoms with Gasteiger partial charge >= 0.3 is 5.97 Å². The van der Waals surface area contributed by atoms with E-state index in [4.69, 9.17) is 4.74 Å². The van der Waals surface area contributed by atoms with Gasteiger partial charge in [-0.3, -0.25) is 14.4 Å². The molecule has 0 aliphatic rings. The first-order valence-electron chi connectivity index (χ1n) is 9.47. The predicted octanol–water partition coefficient (Wildman–Crippen LogP) is 2.03. The first-order valence-corrected chi connectivity index (χ1v) is 9.47.